The number of likely N-dealkylation sites (tertiary alicyclic amines) is 1. The molecule has 2 fully saturated rings. The maximum absolute atomic E-state index is 11.8. The number of methoxy groups -OCH3 is 2. The van der Waals surface area contributed by atoms with E-state index >= 15 is 0 Å². The van der Waals surface area contributed by atoms with Crippen molar-refractivity contribution in [2.45, 2.75) is 55.3 Å². The van der Waals surface area contributed by atoms with Crippen LogP contribution in [0.4, 0.5) is 0 Å². The number of fused-ring (bicyclic) bond motifs is 1. The molecule has 0 aromatic heterocycles. The van der Waals surface area contributed by atoms with Gasteiger partial charge < -0.3 is 24.6 Å². The normalized spacial score (nSPS) is 38.2. The number of rotatable bonds is 2. The predicted molar refractivity (Wildman–Crippen MR) is 90.8 cm³/mol. The lowest BCUT2D eigenvalue weighted by molar-refractivity contribution is -0.177. The molecule has 1 aliphatic heterocycles. The summed E-state index contributed by atoms with van der Waals surface area (Å²) in [7, 11) is 5.40. The molecular weight excluding hydrogens is 306 g/mol. The van der Waals surface area contributed by atoms with Crippen molar-refractivity contribution in [2.75, 3.05) is 27.8 Å². The quantitative estimate of drug-likeness (QED) is 0.858. The van der Waals surface area contributed by atoms with Crippen LogP contribution in [0.15, 0.2) is 12.1 Å². The van der Waals surface area contributed by atoms with E-state index in [1.807, 2.05) is 6.07 Å². The maximum Gasteiger partial charge on any atom is 0.164 e. The molecule has 24 heavy (non-hydrogen) atoms. The first-order chi connectivity index (χ1) is 11.5. The van der Waals surface area contributed by atoms with Gasteiger partial charge in [-0.25, -0.2) is 0 Å². The molecule has 0 amide bonds. The lowest BCUT2D eigenvalue weighted by Crippen LogP contribution is -2.73. The van der Waals surface area contributed by atoms with Crippen molar-refractivity contribution in [3.05, 3.63) is 23.3 Å². The second-order valence-electron chi connectivity index (χ2n) is 7.69. The van der Waals surface area contributed by atoms with Gasteiger partial charge in [0, 0.05) is 17.0 Å². The first-order valence-electron chi connectivity index (χ1n) is 8.82. The predicted octanol–water partition coefficient (Wildman–Crippen LogP) is 1.48. The number of benzene rings is 1. The molecule has 4 atom stereocenters. The fraction of sp³-hybridized carbons (Fsp3) is 0.684. The number of hydrogen-bond donors (Lipinski definition) is 2. The van der Waals surface area contributed by atoms with Gasteiger partial charge in [0.1, 0.15) is 0 Å². The summed E-state index contributed by atoms with van der Waals surface area (Å²) in [6, 6.07) is 4.14. The number of hydrogen-bond acceptors (Lipinski definition) is 5. The molecule has 2 bridgehead atoms. The van der Waals surface area contributed by atoms with E-state index in [0.717, 1.165) is 30.7 Å². The second-order valence-corrected chi connectivity index (χ2v) is 7.69. The van der Waals surface area contributed by atoms with Crippen molar-refractivity contribution in [3.63, 3.8) is 0 Å². The number of likely N-dealkylation sites (N-methyl/N-ethyl adjacent to an activating group) is 1. The number of ether oxygens (including phenoxy) is 2. The van der Waals surface area contributed by atoms with E-state index in [2.05, 4.69) is 18.0 Å². The number of aliphatic hydroxyl groups excluding tert-OH is 1. The average molecular weight is 333 g/mol. The van der Waals surface area contributed by atoms with Gasteiger partial charge in [0.15, 0.2) is 11.5 Å². The lowest BCUT2D eigenvalue weighted by Gasteiger charge is -2.64. The minimum absolute atomic E-state index is 0.0874. The fourth-order valence-corrected chi connectivity index (χ4v) is 5.64. The van der Waals surface area contributed by atoms with E-state index < -0.39 is 11.0 Å². The van der Waals surface area contributed by atoms with Gasteiger partial charge >= 0.3 is 0 Å². The van der Waals surface area contributed by atoms with Crippen LogP contribution >= 0.6 is 0 Å². The zero-order chi connectivity index (χ0) is 17.1. The topological polar surface area (TPSA) is 62.2 Å². The third kappa shape index (κ3) is 1.86. The van der Waals surface area contributed by atoms with Gasteiger partial charge in [0.05, 0.1) is 25.9 Å². The van der Waals surface area contributed by atoms with Crippen molar-refractivity contribution in [1.29, 1.82) is 0 Å². The largest absolute Gasteiger partial charge is 0.493 e. The molecule has 1 saturated heterocycles. The highest BCUT2D eigenvalue weighted by Gasteiger charge is 2.65. The monoisotopic (exact) mass is 333 g/mol. The number of piperidine rings is 1. The van der Waals surface area contributed by atoms with Crippen molar-refractivity contribution in [3.8, 4) is 11.5 Å². The molecule has 0 unspecified atom stereocenters. The van der Waals surface area contributed by atoms with Crippen LogP contribution in [-0.2, 0) is 11.8 Å². The van der Waals surface area contributed by atoms with E-state index in [0.29, 0.717) is 25.0 Å². The molecule has 5 heteroatoms. The standard InChI is InChI=1S/C19H27NO4/c1-20-9-8-18-11-13(21)6-7-19(18,22)15(20)10-12-4-5-14(23-2)17(24-3)16(12)18/h4-5,13,15,21-22H,6-11H2,1-3H3/t13-,15-,18-,19-/m1/s1. The van der Waals surface area contributed by atoms with Gasteiger partial charge in [-0.2, -0.15) is 0 Å². The summed E-state index contributed by atoms with van der Waals surface area (Å²) in [6.07, 6.45) is 3.12. The highest BCUT2D eigenvalue weighted by Crippen LogP contribution is 2.61. The maximum atomic E-state index is 11.8. The molecule has 1 aromatic carbocycles. The average Bonchev–Trinajstić information content (AvgIpc) is 2.57. The highest BCUT2D eigenvalue weighted by atomic mass is 16.5. The summed E-state index contributed by atoms with van der Waals surface area (Å²) in [4.78, 5) is 2.29. The van der Waals surface area contributed by atoms with E-state index in [9.17, 15) is 10.2 Å². The Morgan fingerprint density at radius 3 is 2.71 bits per heavy atom. The Balaban J connectivity index is 2.00. The molecule has 4 rings (SSSR count). The van der Waals surface area contributed by atoms with Crippen LogP contribution in [0, 0.1) is 0 Å². The molecule has 1 heterocycles. The smallest absolute Gasteiger partial charge is 0.164 e. The summed E-state index contributed by atoms with van der Waals surface area (Å²) < 4.78 is 11.3. The third-order valence-corrected chi connectivity index (χ3v) is 6.77. The SMILES string of the molecule is COc1ccc2c(c1OC)[C@]13CCN(C)[C@H](C2)[C@]1(O)CC[C@@H](O)C3. The van der Waals surface area contributed by atoms with Crippen LogP contribution in [0.1, 0.15) is 36.8 Å². The Labute approximate surface area is 143 Å². The Kier molecular flexibility index (Phi) is 3.61. The zero-order valence-electron chi connectivity index (χ0n) is 14.7. The van der Waals surface area contributed by atoms with Gasteiger partial charge in [-0.05, 0) is 57.3 Å². The van der Waals surface area contributed by atoms with Gasteiger partial charge in [0.2, 0.25) is 0 Å². The van der Waals surface area contributed by atoms with Gasteiger partial charge in [-0.3, -0.25) is 0 Å². The van der Waals surface area contributed by atoms with E-state index in [-0.39, 0.29) is 12.1 Å². The van der Waals surface area contributed by atoms with Gasteiger partial charge in [-0.15, -0.1) is 0 Å². The first kappa shape index (κ1) is 16.2. The molecule has 132 valence electrons. The van der Waals surface area contributed by atoms with Crippen LogP contribution in [-0.4, -0.2) is 60.7 Å². The van der Waals surface area contributed by atoms with Crippen LogP contribution in [0.2, 0.25) is 0 Å². The molecule has 0 spiro atoms. The Bertz CT molecular complexity index is 663. The van der Waals surface area contributed by atoms with Crippen LogP contribution in [0.5, 0.6) is 11.5 Å². The van der Waals surface area contributed by atoms with Crippen LogP contribution in [0.25, 0.3) is 0 Å². The van der Waals surface area contributed by atoms with Crippen molar-refractivity contribution >= 4 is 0 Å². The first-order valence-corrected chi connectivity index (χ1v) is 8.82. The molecule has 2 aliphatic carbocycles. The Hall–Kier alpha value is -1.30. The second kappa shape index (κ2) is 5.35. The molecule has 1 saturated carbocycles. The van der Waals surface area contributed by atoms with Crippen LogP contribution < -0.4 is 9.47 Å². The summed E-state index contributed by atoms with van der Waals surface area (Å²) in [5, 5.41) is 22.3. The van der Waals surface area contributed by atoms with Crippen molar-refractivity contribution in [1.82, 2.24) is 4.90 Å². The van der Waals surface area contributed by atoms with Gasteiger partial charge in [-0.1, -0.05) is 6.07 Å². The molecule has 0 radical (unpaired) electrons. The molecule has 3 aliphatic rings. The fourth-order valence-electron chi connectivity index (χ4n) is 5.64. The Morgan fingerprint density at radius 1 is 1.21 bits per heavy atom. The summed E-state index contributed by atoms with van der Waals surface area (Å²) in [5.41, 5.74) is 0.985. The third-order valence-electron chi connectivity index (χ3n) is 6.77. The summed E-state index contributed by atoms with van der Waals surface area (Å²) >= 11 is 0. The molecule has 2 N–H and O–H groups in total. The molecule has 1 aromatic rings. The molecular formula is C19H27NO4. The minimum Gasteiger partial charge on any atom is -0.493 e. The molecule has 5 nitrogen and oxygen atoms in total. The van der Waals surface area contributed by atoms with Crippen molar-refractivity contribution in [2.24, 2.45) is 0 Å². The summed E-state index contributed by atoms with van der Waals surface area (Å²) in [6.45, 7) is 0.916. The number of aliphatic hydroxyl groups is 2. The van der Waals surface area contributed by atoms with E-state index in [1.165, 1.54) is 5.56 Å². The number of nitrogens with zero attached hydrogens (tertiary/aromatic N) is 1. The lowest BCUT2D eigenvalue weighted by atomic mass is 9.49. The van der Waals surface area contributed by atoms with E-state index in [1.54, 1.807) is 14.2 Å². The summed E-state index contributed by atoms with van der Waals surface area (Å²) in [5.74, 6) is 1.43. The Morgan fingerprint density at radius 2 is 2.00 bits per heavy atom. The van der Waals surface area contributed by atoms with E-state index in [4.69, 9.17) is 9.47 Å². The highest BCUT2D eigenvalue weighted by molar-refractivity contribution is 5.59. The zero-order valence-corrected chi connectivity index (χ0v) is 14.7. The minimum atomic E-state index is -0.828. The van der Waals surface area contributed by atoms with Crippen molar-refractivity contribution < 1.29 is 19.7 Å². The van der Waals surface area contributed by atoms with Gasteiger partial charge in [0.25, 0.3) is 0 Å². The van der Waals surface area contributed by atoms with Crippen LogP contribution in [0.3, 0.4) is 0 Å².